The molecular formula is C14H22N4O3S. The monoisotopic (exact) mass is 326 g/mol. The molecule has 2 rings (SSSR count). The maximum atomic E-state index is 10.9. The fourth-order valence-electron chi connectivity index (χ4n) is 2.19. The highest BCUT2D eigenvalue weighted by atomic mass is 32.2. The molecule has 1 aromatic rings. The smallest absolute Gasteiger partial charge is 0.295 e. The van der Waals surface area contributed by atoms with Gasteiger partial charge in [0.2, 0.25) is 5.96 Å². The zero-order chi connectivity index (χ0) is 17.1. The van der Waals surface area contributed by atoms with Gasteiger partial charge in [-0.15, -0.1) is 0 Å². The number of aliphatic imine (C=N–C) groups is 1. The Morgan fingerprint density at radius 3 is 2.05 bits per heavy atom. The lowest BCUT2D eigenvalue weighted by Gasteiger charge is -2.18. The summed E-state index contributed by atoms with van der Waals surface area (Å²) < 4.78 is 30.8. The molecular weight excluding hydrogens is 304 g/mol. The lowest BCUT2D eigenvalue weighted by Crippen LogP contribution is -2.44. The first-order valence-corrected chi connectivity index (χ1v) is 8.05. The van der Waals surface area contributed by atoms with Crippen LogP contribution in [-0.2, 0) is 10.1 Å². The van der Waals surface area contributed by atoms with Gasteiger partial charge >= 0.3 is 0 Å². The largest absolute Gasteiger partial charge is 0.368 e. The van der Waals surface area contributed by atoms with E-state index in [2.05, 4.69) is 4.99 Å². The third-order valence-electron chi connectivity index (χ3n) is 3.03. The highest BCUT2D eigenvalue weighted by Crippen LogP contribution is 2.20. The van der Waals surface area contributed by atoms with Crippen molar-refractivity contribution in [1.82, 2.24) is 5.01 Å². The van der Waals surface area contributed by atoms with Crippen LogP contribution in [-0.4, -0.2) is 30.5 Å². The number of guanidine groups is 1. The number of aryl methyl sites for hydroxylation is 3. The van der Waals surface area contributed by atoms with Gasteiger partial charge in [0.05, 0.1) is 11.4 Å². The van der Waals surface area contributed by atoms with E-state index in [0.717, 1.165) is 11.3 Å². The lowest BCUT2D eigenvalue weighted by molar-refractivity contribution is 0.474. The van der Waals surface area contributed by atoms with Gasteiger partial charge in [-0.25, -0.2) is 10.8 Å². The van der Waals surface area contributed by atoms with Crippen LogP contribution in [0.5, 0.6) is 0 Å². The molecule has 5 N–H and O–H groups in total. The summed E-state index contributed by atoms with van der Waals surface area (Å²) in [5.74, 6) is 5.76. The van der Waals surface area contributed by atoms with Crippen LogP contribution in [0.1, 0.15) is 23.6 Å². The number of rotatable bonds is 1. The average molecular weight is 326 g/mol. The first kappa shape index (κ1) is 18.1. The fraction of sp³-hybridized carbons (Fsp3) is 0.357. The normalized spacial score (nSPS) is 14.7. The minimum atomic E-state index is -4.08. The van der Waals surface area contributed by atoms with Crippen molar-refractivity contribution in [2.45, 2.75) is 32.6 Å². The SMILES string of the molecule is CC1=CCN(N)C(N)=N1.Cc1cc(C)c(S(=O)(=O)O)c(C)c1. The van der Waals surface area contributed by atoms with Crippen molar-refractivity contribution in [3.8, 4) is 0 Å². The molecule has 0 aromatic heterocycles. The Kier molecular flexibility index (Phi) is 5.70. The zero-order valence-corrected chi connectivity index (χ0v) is 14.0. The van der Waals surface area contributed by atoms with Gasteiger partial charge in [0.25, 0.3) is 10.1 Å². The second-order valence-electron chi connectivity index (χ2n) is 5.17. The topological polar surface area (TPSA) is 122 Å². The van der Waals surface area contributed by atoms with E-state index < -0.39 is 10.1 Å². The maximum Gasteiger partial charge on any atom is 0.295 e. The van der Waals surface area contributed by atoms with Crippen molar-refractivity contribution in [2.75, 3.05) is 6.54 Å². The first-order valence-electron chi connectivity index (χ1n) is 6.61. The van der Waals surface area contributed by atoms with E-state index in [1.54, 1.807) is 26.0 Å². The van der Waals surface area contributed by atoms with E-state index in [9.17, 15) is 8.42 Å². The quantitative estimate of drug-likeness (QED) is 0.527. The molecule has 22 heavy (non-hydrogen) atoms. The van der Waals surface area contributed by atoms with Gasteiger partial charge in [0.15, 0.2) is 0 Å². The van der Waals surface area contributed by atoms with E-state index in [1.807, 2.05) is 19.9 Å². The van der Waals surface area contributed by atoms with E-state index in [4.69, 9.17) is 16.1 Å². The van der Waals surface area contributed by atoms with E-state index in [1.165, 1.54) is 5.01 Å². The van der Waals surface area contributed by atoms with Gasteiger partial charge in [0.1, 0.15) is 0 Å². The van der Waals surface area contributed by atoms with Gasteiger partial charge in [-0.3, -0.25) is 9.56 Å². The zero-order valence-electron chi connectivity index (χ0n) is 13.2. The third-order valence-corrected chi connectivity index (χ3v) is 4.19. The molecule has 0 saturated carbocycles. The van der Waals surface area contributed by atoms with Gasteiger partial charge in [-0.05, 0) is 44.9 Å². The molecule has 1 aliphatic rings. The van der Waals surface area contributed by atoms with Crippen molar-refractivity contribution < 1.29 is 13.0 Å². The van der Waals surface area contributed by atoms with Gasteiger partial charge in [-0.1, -0.05) is 17.7 Å². The predicted octanol–water partition coefficient (Wildman–Crippen LogP) is 1.25. The molecule has 0 fully saturated rings. The first-order chi connectivity index (χ1) is 10.0. The molecule has 1 aromatic carbocycles. The summed E-state index contributed by atoms with van der Waals surface area (Å²) in [5.41, 5.74) is 8.46. The summed E-state index contributed by atoms with van der Waals surface area (Å²) in [4.78, 5) is 3.95. The number of hydrazine groups is 1. The number of nitrogens with two attached hydrogens (primary N) is 2. The molecule has 0 atom stereocenters. The Bertz CT molecular complexity index is 701. The van der Waals surface area contributed by atoms with Crippen LogP contribution in [0.3, 0.4) is 0 Å². The van der Waals surface area contributed by atoms with Crippen molar-refractivity contribution in [1.29, 1.82) is 0 Å². The molecule has 8 heteroatoms. The number of hydrogen-bond acceptors (Lipinski definition) is 6. The summed E-state index contributed by atoms with van der Waals surface area (Å²) in [5, 5.41) is 1.40. The summed E-state index contributed by atoms with van der Waals surface area (Å²) in [6, 6.07) is 3.46. The van der Waals surface area contributed by atoms with Crippen molar-refractivity contribution >= 4 is 16.1 Å². The minimum absolute atomic E-state index is 0.0260. The van der Waals surface area contributed by atoms with E-state index in [-0.39, 0.29) is 4.90 Å². The van der Waals surface area contributed by atoms with Gasteiger partial charge in [0, 0.05) is 5.70 Å². The highest BCUT2D eigenvalue weighted by molar-refractivity contribution is 7.86. The highest BCUT2D eigenvalue weighted by Gasteiger charge is 2.15. The predicted molar refractivity (Wildman–Crippen MR) is 86.7 cm³/mol. The minimum Gasteiger partial charge on any atom is -0.368 e. The lowest BCUT2D eigenvalue weighted by atomic mass is 10.1. The van der Waals surface area contributed by atoms with Crippen molar-refractivity contribution in [3.05, 3.63) is 40.6 Å². The van der Waals surface area contributed by atoms with Crippen LogP contribution in [0.4, 0.5) is 0 Å². The second kappa shape index (κ2) is 6.91. The molecule has 0 amide bonds. The Hall–Kier alpha value is -1.90. The van der Waals surface area contributed by atoms with Gasteiger partial charge in [-0.2, -0.15) is 8.42 Å². The Labute approximate surface area is 131 Å². The average Bonchev–Trinajstić information content (AvgIpc) is 2.31. The van der Waals surface area contributed by atoms with E-state index >= 15 is 0 Å². The van der Waals surface area contributed by atoms with Crippen LogP contribution in [0.2, 0.25) is 0 Å². The van der Waals surface area contributed by atoms with Crippen LogP contribution in [0.15, 0.2) is 33.8 Å². The second-order valence-corrected chi connectivity index (χ2v) is 6.53. The Morgan fingerprint density at radius 1 is 1.18 bits per heavy atom. The Morgan fingerprint density at radius 2 is 1.68 bits per heavy atom. The standard InChI is InChI=1S/C9H12O3S.C5H10N4/c1-6-4-7(2)9(8(3)5-6)13(10,11)12;1-4-2-3-9(7)5(6)8-4/h4-5H,1-3H3,(H,10,11,12);2H,3,7H2,1H3,(H2,6,8). The summed E-state index contributed by atoms with van der Waals surface area (Å²) >= 11 is 0. The number of benzene rings is 1. The van der Waals surface area contributed by atoms with Gasteiger partial charge < -0.3 is 5.73 Å². The van der Waals surface area contributed by atoms with Crippen LogP contribution in [0, 0.1) is 20.8 Å². The molecule has 0 bridgehead atoms. The molecule has 0 unspecified atom stereocenters. The third kappa shape index (κ3) is 4.83. The molecule has 122 valence electrons. The summed E-state index contributed by atoms with van der Waals surface area (Å²) in [7, 11) is -4.08. The molecule has 7 nitrogen and oxygen atoms in total. The van der Waals surface area contributed by atoms with E-state index in [0.29, 0.717) is 23.6 Å². The number of hydrogen-bond donors (Lipinski definition) is 3. The molecule has 0 saturated heterocycles. The molecule has 1 aliphatic heterocycles. The number of allylic oxidation sites excluding steroid dienone is 1. The number of nitrogens with zero attached hydrogens (tertiary/aromatic N) is 2. The van der Waals surface area contributed by atoms with Crippen LogP contribution < -0.4 is 11.6 Å². The van der Waals surface area contributed by atoms with Crippen LogP contribution >= 0.6 is 0 Å². The summed E-state index contributed by atoms with van der Waals surface area (Å²) in [6.45, 7) is 7.76. The van der Waals surface area contributed by atoms with Crippen molar-refractivity contribution in [3.63, 3.8) is 0 Å². The maximum absolute atomic E-state index is 10.9. The fourth-order valence-corrected chi connectivity index (χ4v) is 3.12. The van der Waals surface area contributed by atoms with Crippen molar-refractivity contribution in [2.24, 2.45) is 16.6 Å². The molecule has 0 aliphatic carbocycles. The molecule has 0 radical (unpaired) electrons. The summed E-state index contributed by atoms with van der Waals surface area (Å²) in [6.07, 6.45) is 1.91. The van der Waals surface area contributed by atoms with Crippen LogP contribution in [0.25, 0.3) is 0 Å². The molecule has 1 heterocycles. The Balaban J connectivity index is 0.000000235. The molecule has 0 spiro atoms.